The van der Waals surface area contributed by atoms with Gasteiger partial charge in [0.1, 0.15) is 5.75 Å². The van der Waals surface area contributed by atoms with Crippen LogP contribution in [0.2, 0.25) is 0 Å². The van der Waals surface area contributed by atoms with E-state index in [4.69, 9.17) is 0 Å². The molecule has 1 heteroatoms. The topological polar surface area (TPSA) is 20.2 Å². The lowest BCUT2D eigenvalue weighted by molar-refractivity contribution is 0.474. The number of benzene rings is 3. The maximum Gasteiger partial charge on any atom is 0.115 e. The molecule has 1 nitrogen and oxygen atoms in total. The highest BCUT2D eigenvalue weighted by molar-refractivity contribution is 5.38. The minimum absolute atomic E-state index is 0.251. The van der Waals surface area contributed by atoms with E-state index in [1.54, 1.807) is 6.07 Å². The minimum Gasteiger partial charge on any atom is -0.508 e. The average molecular weight is 274 g/mol. The van der Waals surface area contributed by atoms with Crippen LogP contribution in [0.4, 0.5) is 0 Å². The van der Waals surface area contributed by atoms with Crippen molar-refractivity contribution >= 4 is 0 Å². The van der Waals surface area contributed by atoms with Gasteiger partial charge in [-0.25, -0.2) is 0 Å². The molecule has 3 aromatic rings. The maximum atomic E-state index is 9.77. The molecular weight excluding hydrogens is 256 g/mol. The van der Waals surface area contributed by atoms with E-state index >= 15 is 0 Å². The number of hydrogen-bond acceptors (Lipinski definition) is 1. The van der Waals surface area contributed by atoms with Gasteiger partial charge in [-0.2, -0.15) is 0 Å². The lowest BCUT2D eigenvalue weighted by atomic mass is 9.86. The molecule has 0 fully saturated rings. The van der Waals surface area contributed by atoms with E-state index in [0.29, 0.717) is 5.75 Å². The zero-order valence-corrected chi connectivity index (χ0v) is 11.8. The number of rotatable bonds is 4. The van der Waals surface area contributed by atoms with Gasteiger partial charge in [-0.05, 0) is 35.2 Å². The van der Waals surface area contributed by atoms with Crippen molar-refractivity contribution in [3.8, 4) is 5.75 Å². The molecule has 0 spiro atoms. The fourth-order valence-electron chi connectivity index (χ4n) is 2.70. The van der Waals surface area contributed by atoms with Gasteiger partial charge in [0.2, 0.25) is 0 Å². The van der Waals surface area contributed by atoms with E-state index in [9.17, 15) is 5.11 Å². The predicted molar refractivity (Wildman–Crippen MR) is 86.5 cm³/mol. The third-order valence-electron chi connectivity index (χ3n) is 3.76. The van der Waals surface area contributed by atoms with Crippen molar-refractivity contribution in [2.45, 2.75) is 12.3 Å². The minimum atomic E-state index is 0.251. The largest absolute Gasteiger partial charge is 0.508 e. The Hall–Kier alpha value is -2.54. The van der Waals surface area contributed by atoms with Gasteiger partial charge in [0.25, 0.3) is 0 Å². The van der Waals surface area contributed by atoms with E-state index in [0.717, 1.165) is 12.0 Å². The molecule has 104 valence electrons. The molecule has 0 aliphatic rings. The molecule has 1 unspecified atom stereocenters. The van der Waals surface area contributed by atoms with Crippen molar-refractivity contribution in [3.63, 3.8) is 0 Å². The zero-order chi connectivity index (χ0) is 14.5. The first-order chi connectivity index (χ1) is 10.3. The summed E-state index contributed by atoms with van der Waals surface area (Å²) in [5.41, 5.74) is 3.71. The van der Waals surface area contributed by atoms with Gasteiger partial charge in [-0.3, -0.25) is 0 Å². The van der Waals surface area contributed by atoms with Gasteiger partial charge in [0, 0.05) is 5.92 Å². The van der Waals surface area contributed by atoms with Crippen LogP contribution in [-0.4, -0.2) is 5.11 Å². The lowest BCUT2D eigenvalue weighted by Crippen LogP contribution is -2.05. The Bertz CT molecular complexity index is 689. The number of aromatic hydroxyl groups is 1. The Morgan fingerprint density at radius 2 is 1.29 bits per heavy atom. The predicted octanol–water partition coefficient (Wildman–Crippen LogP) is 4.77. The van der Waals surface area contributed by atoms with Crippen LogP contribution in [0.25, 0.3) is 0 Å². The first-order valence-electron chi connectivity index (χ1n) is 7.21. The monoisotopic (exact) mass is 274 g/mol. The van der Waals surface area contributed by atoms with Crippen molar-refractivity contribution in [3.05, 3.63) is 102 Å². The summed E-state index contributed by atoms with van der Waals surface area (Å²) in [5.74, 6) is 0.571. The molecule has 0 amide bonds. The summed E-state index contributed by atoms with van der Waals surface area (Å²) in [4.78, 5) is 0. The van der Waals surface area contributed by atoms with Crippen LogP contribution >= 0.6 is 0 Å². The summed E-state index contributed by atoms with van der Waals surface area (Å²) in [6.07, 6.45) is 0.925. The molecule has 0 radical (unpaired) electrons. The molecule has 1 atom stereocenters. The summed E-state index contributed by atoms with van der Waals surface area (Å²) in [6, 6.07) is 28.5. The molecule has 3 rings (SSSR count). The third-order valence-corrected chi connectivity index (χ3v) is 3.76. The van der Waals surface area contributed by atoms with E-state index < -0.39 is 0 Å². The first kappa shape index (κ1) is 13.4. The first-order valence-corrected chi connectivity index (χ1v) is 7.21. The van der Waals surface area contributed by atoms with E-state index in [1.807, 2.05) is 24.3 Å². The van der Waals surface area contributed by atoms with Gasteiger partial charge in [0.15, 0.2) is 0 Å². The van der Waals surface area contributed by atoms with Crippen LogP contribution in [0, 0.1) is 0 Å². The second-order valence-corrected chi connectivity index (χ2v) is 5.25. The Balaban J connectivity index is 1.99. The van der Waals surface area contributed by atoms with Gasteiger partial charge in [0.05, 0.1) is 0 Å². The molecule has 3 aromatic carbocycles. The van der Waals surface area contributed by atoms with Gasteiger partial charge >= 0.3 is 0 Å². The zero-order valence-electron chi connectivity index (χ0n) is 11.8. The second kappa shape index (κ2) is 6.27. The molecule has 0 saturated carbocycles. The number of phenolic OH excluding ortho intramolecular Hbond substituents is 1. The fourth-order valence-corrected chi connectivity index (χ4v) is 2.70. The summed E-state index contributed by atoms with van der Waals surface area (Å²) in [6.45, 7) is 0. The summed E-state index contributed by atoms with van der Waals surface area (Å²) in [7, 11) is 0. The fraction of sp³-hybridized carbons (Fsp3) is 0.100. The summed E-state index contributed by atoms with van der Waals surface area (Å²) < 4.78 is 0. The van der Waals surface area contributed by atoms with Crippen molar-refractivity contribution < 1.29 is 5.11 Å². The normalized spacial score (nSPS) is 12.0. The molecule has 0 aromatic heterocycles. The quantitative estimate of drug-likeness (QED) is 0.726. The molecule has 1 N–H and O–H groups in total. The van der Waals surface area contributed by atoms with Crippen LogP contribution in [0.5, 0.6) is 5.75 Å². The van der Waals surface area contributed by atoms with Crippen molar-refractivity contribution in [1.82, 2.24) is 0 Å². The van der Waals surface area contributed by atoms with Crippen LogP contribution < -0.4 is 0 Å². The van der Waals surface area contributed by atoms with E-state index in [1.165, 1.54) is 11.1 Å². The summed E-state index contributed by atoms with van der Waals surface area (Å²) >= 11 is 0. The van der Waals surface area contributed by atoms with E-state index in [2.05, 4.69) is 54.6 Å². The highest BCUT2D eigenvalue weighted by atomic mass is 16.3. The molecule has 21 heavy (non-hydrogen) atoms. The van der Waals surface area contributed by atoms with Crippen LogP contribution in [0.15, 0.2) is 84.9 Å². The van der Waals surface area contributed by atoms with Gasteiger partial charge < -0.3 is 5.11 Å². The smallest absolute Gasteiger partial charge is 0.115 e. The Kier molecular flexibility index (Phi) is 4.02. The van der Waals surface area contributed by atoms with Crippen LogP contribution in [0.1, 0.15) is 22.6 Å². The molecule has 0 aliphatic heterocycles. The molecular formula is C20H18O. The van der Waals surface area contributed by atoms with E-state index in [-0.39, 0.29) is 5.92 Å². The van der Waals surface area contributed by atoms with Crippen LogP contribution in [0.3, 0.4) is 0 Å². The average Bonchev–Trinajstić information content (AvgIpc) is 2.54. The number of phenols is 1. The highest BCUT2D eigenvalue weighted by Gasteiger charge is 2.15. The van der Waals surface area contributed by atoms with Gasteiger partial charge in [-0.15, -0.1) is 0 Å². The second-order valence-electron chi connectivity index (χ2n) is 5.25. The maximum absolute atomic E-state index is 9.77. The van der Waals surface area contributed by atoms with Crippen molar-refractivity contribution in [2.75, 3.05) is 0 Å². The number of hydrogen-bond donors (Lipinski definition) is 1. The molecule has 0 aliphatic carbocycles. The Morgan fingerprint density at radius 1 is 0.667 bits per heavy atom. The Labute approximate surface area is 125 Å². The highest BCUT2D eigenvalue weighted by Crippen LogP contribution is 2.30. The Morgan fingerprint density at radius 3 is 1.95 bits per heavy atom. The third kappa shape index (κ3) is 3.32. The van der Waals surface area contributed by atoms with Crippen molar-refractivity contribution in [1.29, 1.82) is 0 Å². The van der Waals surface area contributed by atoms with Crippen molar-refractivity contribution in [2.24, 2.45) is 0 Å². The lowest BCUT2D eigenvalue weighted by Gasteiger charge is -2.18. The standard InChI is InChI=1S/C20H18O/c21-19-13-7-12-18(15-19)20(17-10-5-2-6-11-17)14-16-8-3-1-4-9-16/h1-13,15,20-21H,14H2. The SMILES string of the molecule is Oc1cccc(C(Cc2ccccc2)c2ccccc2)c1. The molecule has 0 heterocycles. The molecule has 0 saturated heterocycles. The summed E-state index contributed by atoms with van der Waals surface area (Å²) in [5, 5.41) is 9.77. The van der Waals surface area contributed by atoms with Crippen LogP contribution in [-0.2, 0) is 6.42 Å². The van der Waals surface area contributed by atoms with Gasteiger partial charge in [-0.1, -0.05) is 72.8 Å². The molecule has 0 bridgehead atoms.